The van der Waals surface area contributed by atoms with Crippen LogP contribution in [0.5, 0.6) is 28.7 Å². The summed E-state index contributed by atoms with van der Waals surface area (Å²) in [5.41, 5.74) is 22.2. The number of aromatic hydroxyl groups is 5. The lowest BCUT2D eigenvalue weighted by Crippen LogP contribution is -2.03. The number of nitrogen functional groups attached to an aromatic ring is 2. The number of rotatable bonds is 0. The van der Waals surface area contributed by atoms with Gasteiger partial charge in [0.1, 0.15) is 28.7 Å². The Morgan fingerprint density at radius 2 is 0.489 bits per heavy atom. The van der Waals surface area contributed by atoms with E-state index in [0.717, 1.165) is 16.7 Å². The molecule has 0 fully saturated rings. The normalized spacial score (nSPS) is 13.0. The van der Waals surface area contributed by atoms with Gasteiger partial charge in [0, 0.05) is 65.7 Å². The zero-order valence-electron chi connectivity index (χ0n) is 25.7. The fourth-order valence-electron chi connectivity index (χ4n) is 6.75. The monoisotopic (exact) mass is 602 g/mol. The number of anilines is 2. The van der Waals surface area contributed by atoms with Gasteiger partial charge in [0.25, 0.3) is 0 Å². The van der Waals surface area contributed by atoms with Crippen LogP contribution < -0.4 is 11.5 Å². The first-order chi connectivity index (χ1) is 21.4. The van der Waals surface area contributed by atoms with Gasteiger partial charge >= 0.3 is 0 Å². The highest BCUT2D eigenvalue weighted by atomic mass is 16.3. The van der Waals surface area contributed by atoms with Crippen LogP contribution in [0.3, 0.4) is 0 Å². The second kappa shape index (κ2) is 11.3. The molecule has 0 atom stereocenters. The van der Waals surface area contributed by atoms with E-state index in [9.17, 15) is 25.5 Å². The van der Waals surface area contributed by atoms with Crippen LogP contribution in [-0.2, 0) is 32.1 Å². The van der Waals surface area contributed by atoms with E-state index in [0.29, 0.717) is 67.0 Å². The van der Waals surface area contributed by atoms with Gasteiger partial charge in [-0.25, -0.2) is 0 Å². The van der Waals surface area contributed by atoms with Gasteiger partial charge in [-0.15, -0.1) is 0 Å². The molecule has 7 nitrogen and oxygen atoms in total. The van der Waals surface area contributed by atoms with Gasteiger partial charge in [-0.05, 0) is 78.4 Å². The van der Waals surface area contributed by atoms with Crippen LogP contribution >= 0.6 is 0 Å². The third-order valence-electron chi connectivity index (χ3n) is 8.72. The first-order valence-corrected chi connectivity index (χ1v) is 15.0. The van der Waals surface area contributed by atoms with E-state index < -0.39 is 0 Å². The van der Waals surface area contributed by atoms with E-state index >= 15 is 0 Å². The van der Waals surface area contributed by atoms with Crippen LogP contribution in [0.15, 0.2) is 60.7 Å². The summed E-state index contributed by atoms with van der Waals surface area (Å²) in [6.07, 6.45) is 1.18. The maximum atomic E-state index is 11.5. The average molecular weight is 603 g/mol. The van der Waals surface area contributed by atoms with Crippen molar-refractivity contribution in [1.82, 2.24) is 0 Å². The molecule has 10 bridgehead atoms. The minimum absolute atomic E-state index is 0.0441. The molecule has 0 aromatic heterocycles. The highest BCUT2D eigenvalue weighted by Crippen LogP contribution is 2.40. The Kier molecular flexibility index (Phi) is 7.49. The third kappa shape index (κ3) is 5.81. The summed E-state index contributed by atoms with van der Waals surface area (Å²) in [5, 5.41) is 57.2. The van der Waals surface area contributed by atoms with Gasteiger partial charge in [-0.1, -0.05) is 53.1 Å². The fourth-order valence-corrected chi connectivity index (χ4v) is 6.75. The number of hydrogen-bond acceptors (Lipinski definition) is 7. The standard InChI is InChI=1S/C38H38N2O5/c1-19-4-22-10-23-5-20(2)7-25(35(23)42)12-29-16-33(40)18-31(38(29)45)14-27-9-21(3)8-26(36(27)43)13-30-17-32(39)15-28(37(30)44)11-24(6-19)34(22)41/h4-9,15-18,41-45H,10-14,39-40H2,1-3H3. The van der Waals surface area contributed by atoms with Crippen molar-refractivity contribution in [2.75, 3.05) is 11.5 Å². The number of nitrogens with two attached hydrogens (primary N) is 2. The molecule has 6 rings (SSSR count). The molecule has 0 spiro atoms. The number of phenolic OH excluding ortho intramolecular Hbond substituents is 5. The Balaban J connectivity index is 1.60. The lowest BCUT2D eigenvalue weighted by molar-refractivity contribution is 0.451. The number of fused-ring (bicyclic) bond motifs is 10. The molecule has 5 aromatic rings. The van der Waals surface area contributed by atoms with E-state index in [1.54, 1.807) is 24.3 Å². The summed E-state index contributed by atoms with van der Waals surface area (Å²) in [7, 11) is 0. The topological polar surface area (TPSA) is 153 Å². The van der Waals surface area contributed by atoms with E-state index in [1.807, 2.05) is 57.2 Å². The molecular formula is C38H38N2O5. The fraction of sp³-hybridized carbons (Fsp3) is 0.211. The minimum atomic E-state index is 0.0441. The van der Waals surface area contributed by atoms with Gasteiger partial charge in [0.15, 0.2) is 0 Å². The summed E-state index contributed by atoms with van der Waals surface area (Å²) in [6, 6.07) is 18.1. The molecular weight excluding hydrogens is 564 g/mol. The third-order valence-corrected chi connectivity index (χ3v) is 8.72. The molecule has 0 heterocycles. The SMILES string of the molecule is Cc1cc2c(O)c(c1)Cc1cc(N)cc(c1O)Cc1cc(C)cc(c1O)Cc1cc(N)cc(c1O)Cc1cc(C)cc(c1O)C2. The molecule has 0 saturated carbocycles. The lowest BCUT2D eigenvalue weighted by atomic mass is 9.89. The molecule has 0 saturated heterocycles. The summed E-state index contributed by atoms with van der Waals surface area (Å²) in [5.74, 6) is 0.314. The van der Waals surface area contributed by atoms with E-state index in [-0.39, 0.29) is 60.9 Å². The van der Waals surface area contributed by atoms with Crippen molar-refractivity contribution >= 4 is 11.4 Å². The average Bonchev–Trinajstić information content (AvgIpc) is 2.96. The van der Waals surface area contributed by atoms with Gasteiger partial charge in [-0.3, -0.25) is 0 Å². The Morgan fingerprint density at radius 3 is 0.667 bits per heavy atom. The molecule has 0 radical (unpaired) electrons. The quantitative estimate of drug-likeness (QED) is 0.0766. The van der Waals surface area contributed by atoms with Crippen molar-refractivity contribution in [3.8, 4) is 28.7 Å². The Morgan fingerprint density at radius 1 is 0.333 bits per heavy atom. The van der Waals surface area contributed by atoms with Crippen molar-refractivity contribution in [2.45, 2.75) is 52.9 Å². The van der Waals surface area contributed by atoms with E-state index in [4.69, 9.17) is 11.5 Å². The van der Waals surface area contributed by atoms with Gasteiger partial charge in [-0.2, -0.15) is 0 Å². The first kappa shape index (κ1) is 29.8. The predicted molar refractivity (Wildman–Crippen MR) is 178 cm³/mol. The second-order valence-corrected chi connectivity index (χ2v) is 12.6. The lowest BCUT2D eigenvalue weighted by Gasteiger charge is -2.19. The molecule has 230 valence electrons. The summed E-state index contributed by atoms with van der Waals surface area (Å²) >= 11 is 0. The van der Waals surface area contributed by atoms with Crippen LogP contribution in [0.1, 0.15) is 72.3 Å². The van der Waals surface area contributed by atoms with E-state index in [1.165, 1.54) is 0 Å². The molecule has 45 heavy (non-hydrogen) atoms. The van der Waals surface area contributed by atoms with Crippen LogP contribution in [0, 0.1) is 20.8 Å². The Labute approximate surface area is 262 Å². The first-order valence-electron chi connectivity index (χ1n) is 15.0. The predicted octanol–water partition coefficient (Wildman–Crippen LogP) is 6.57. The largest absolute Gasteiger partial charge is 0.507 e. The van der Waals surface area contributed by atoms with Gasteiger partial charge < -0.3 is 37.0 Å². The summed E-state index contributed by atoms with van der Waals surface area (Å²) in [6.45, 7) is 5.81. The molecule has 1 aliphatic carbocycles. The summed E-state index contributed by atoms with van der Waals surface area (Å²) in [4.78, 5) is 0. The molecule has 0 amide bonds. The molecule has 9 N–H and O–H groups in total. The molecule has 5 aromatic carbocycles. The number of hydrogen-bond donors (Lipinski definition) is 7. The Bertz CT molecular complexity index is 1550. The maximum absolute atomic E-state index is 11.5. The summed E-state index contributed by atoms with van der Waals surface area (Å²) < 4.78 is 0. The number of benzene rings is 5. The molecule has 0 unspecified atom stereocenters. The molecule has 7 heteroatoms. The number of aryl methyl sites for hydroxylation is 3. The zero-order chi connectivity index (χ0) is 32.2. The molecule has 0 aliphatic heterocycles. The maximum Gasteiger partial charge on any atom is 0.122 e. The smallest absolute Gasteiger partial charge is 0.122 e. The van der Waals surface area contributed by atoms with E-state index in [2.05, 4.69) is 0 Å². The highest BCUT2D eigenvalue weighted by molar-refractivity contribution is 5.61. The van der Waals surface area contributed by atoms with Crippen molar-refractivity contribution in [3.63, 3.8) is 0 Å². The van der Waals surface area contributed by atoms with Crippen molar-refractivity contribution < 1.29 is 25.5 Å². The van der Waals surface area contributed by atoms with Crippen LogP contribution in [-0.4, -0.2) is 25.5 Å². The van der Waals surface area contributed by atoms with Crippen molar-refractivity contribution in [2.24, 2.45) is 0 Å². The minimum Gasteiger partial charge on any atom is -0.507 e. The molecule has 1 aliphatic rings. The van der Waals surface area contributed by atoms with Crippen LogP contribution in [0.2, 0.25) is 0 Å². The van der Waals surface area contributed by atoms with Crippen LogP contribution in [0.4, 0.5) is 11.4 Å². The number of phenols is 5. The highest BCUT2D eigenvalue weighted by Gasteiger charge is 2.21. The Hall–Kier alpha value is -5.30. The zero-order valence-corrected chi connectivity index (χ0v) is 25.7. The van der Waals surface area contributed by atoms with Crippen molar-refractivity contribution in [3.05, 3.63) is 133 Å². The van der Waals surface area contributed by atoms with Gasteiger partial charge in [0.2, 0.25) is 0 Å². The van der Waals surface area contributed by atoms with Crippen molar-refractivity contribution in [1.29, 1.82) is 0 Å². The van der Waals surface area contributed by atoms with Gasteiger partial charge in [0.05, 0.1) is 0 Å². The second-order valence-electron chi connectivity index (χ2n) is 12.6. The van der Waals surface area contributed by atoms with Crippen LogP contribution in [0.25, 0.3) is 0 Å².